The van der Waals surface area contributed by atoms with Crippen LogP contribution < -0.4 is 10.6 Å². The Morgan fingerprint density at radius 2 is 2.00 bits per heavy atom. The van der Waals surface area contributed by atoms with Gasteiger partial charge in [0.1, 0.15) is 0 Å². The van der Waals surface area contributed by atoms with Crippen LogP contribution in [-0.2, 0) is 0 Å². The van der Waals surface area contributed by atoms with Gasteiger partial charge in [-0.1, -0.05) is 6.92 Å². The van der Waals surface area contributed by atoms with Gasteiger partial charge in [0.05, 0.1) is 0 Å². The van der Waals surface area contributed by atoms with Crippen LogP contribution in [0.4, 0.5) is 0 Å². The van der Waals surface area contributed by atoms with Crippen LogP contribution in [0.2, 0.25) is 0 Å². The second-order valence-electron chi connectivity index (χ2n) is 4.09. The molecule has 2 N–H and O–H groups in total. The summed E-state index contributed by atoms with van der Waals surface area (Å²) in [4.78, 5) is 0. The van der Waals surface area contributed by atoms with Gasteiger partial charge < -0.3 is 10.6 Å². The van der Waals surface area contributed by atoms with Crippen LogP contribution in [0.1, 0.15) is 39.0 Å². The summed E-state index contributed by atoms with van der Waals surface area (Å²) in [7, 11) is 0. The number of nitrogens with one attached hydrogen (secondary N) is 2. The van der Waals surface area contributed by atoms with Crippen LogP contribution in [0.5, 0.6) is 0 Å². The Bertz CT molecular complexity index is 109. The summed E-state index contributed by atoms with van der Waals surface area (Å²) in [6, 6.07) is 0. The van der Waals surface area contributed by atoms with E-state index in [9.17, 15) is 0 Å². The largest absolute Gasteiger partial charge is 0.317 e. The first-order valence-electron chi connectivity index (χ1n) is 5.85. The Morgan fingerprint density at radius 1 is 1.23 bits per heavy atom. The molecule has 0 aromatic rings. The molecule has 78 valence electrons. The van der Waals surface area contributed by atoms with E-state index >= 15 is 0 Å². The number of piperidine rings is 1. The molecule has 0 spiro atoms. The highest BCUT2D eigenvalue weighted by molar-refractivity contribution is 4.68. The first kappa shape index (κ1) is 11.0. The van der Waals surface area contributed by atoms with Gasteiger partial charge in [0.25, 0.3) is 0 Å². The molecule has 0 bridgehead atoms. The second kappa shape index (κ2) is 7.34. The smallest absolute Gasteiger partial charge is 0.00463 e. The number of rotatable bonds is 6. The van der Waals surface area contributed by atoms with E-state index in [-0.39, 0.29) is 0 Å². The zero-order valence-corrected chi connectivity index (χ0v) is 8.94. The number of hydrogen-bond acceptors (Lipinski definition) is 2. The maximum atomic E-state index is 3.46. The highest BCUT2D eigenvalue weighted by Crippen LogP contribution is 2.16. The number of hydrogen-bond donors (Lipinski definition) is 2. The molecule has 0 saturated carbocycles. The highest BCUT2D eigenvalue weighted by atomic mass is 14.9. The van der Waals surface area contributed by atoms with Crippen LogP contribution in [0.15, 0.2) is 0 Å². The third-order valence-electron chi connectivity index (χ3n) is 2.85. The summed E-state index contributed by atoms with van der Waals surface area (Å²) < 4.78 is 0. The Morgan fingerprint density at radius 3 is 2.69 bits per heavy atom. The molecule has 1 saturated heterocycles. The summed E-state index contributed by atoms with van der Waals surface area (Å²) in [5.41, 5.74) is 0. The molecule has 1 rings (SSSR count). The molecule has 0 radical (unpaired) electrons. The Kier molecular flexibility index (Phi) is 6.21. The van der Waals surface area contributed by atoms with E-state index in [0.29, 0.717) is 0 Å². The van der Waals surface area contributed by atoms with Crippen molar-refractivity contribution in [3.8, 4) is 0 Å². The summed E-state index contributed by atoms with van der Waals surface area (Å²) in [6.45, 7) is 7.11. The van der Waals surface area contributed by atoms with Gasteiger partial charge in [-0.05, 0) is 64.2 Å². The van der Waals surface area contributed by atoms with Crippen molar-refractivity contribution >= 4 is 0 Å². The molecule has 13 heavy (non-hydrogen) atoms. The lowest BCUT2D eigenvalue weighted by Crippen LogP contribution is -2.28. The van der Waals surface area contributed by atoms with Crippen LogP contribution >= 0.6 is 0 Å². The van der Waals surface area contributed by atoms with Crippen LogP contribution in [-0.4, -0.2) is 26.2 Å². The molecule has 1 aliphatic rings. The average molecular weight is 184 g/mol. The molecule has 1 aliphatic heterocycles. The molecule has 0 unspecified atom stereocenters. The van der Waals surface area contributed by atoms with Crippen molar-refractivity contribution in [3.63, 3.8) is 0 Å². The van der Waals surface area contributed by atoms with E-state index in [0.717, 1.165) is 5.92 Å². The molecule has 0 aliphatic carbocycles. The van der Waals surface area contributed by atoms with Crippen molar-refractivity contribution < 1.29 is 0 Å². The SMILES string of the molecule is CCCNCCCC1CCNCC1. The molecule has 2 heteroatoms. The topological polar surface area (TPSA) is 24.1 Å². The van der Waals surface area contributed by atoms with E-state index in [1.807, 2.05) is 0 Å². The Labute approximate surface area is 82.5 Å². The highest BCUT2D eigenvalue weighted by Gasteiger charge is 2.11. The monoisotopic (exact) mass is 184 g/mol. The first-order chi connectivity index (χ1) is 6.43. The zero-order chi connectivity index (χ0) is 9.36. The van der Waals surface area contributed by atoms with Gasteiger partial charge in [-0.3, -0.25) is 0 Å². The standard InChI is InChI=1S/C11H24N2/c1-2-7-12-8-3-4-11-5-9-13-10-6-11/h11-13H,2-10H2,1H3. The Balaban J connectivity index is 1.86. The van der Waals surface area contributed by atoms with Crippen LogP contribution in [0, 0.1) is 5.92 Å². The molecular weight excluding hydrogens is 160 g/mol. The van der Waals surface area contributed by atoms with Crippen LogP contribution in [0.3, 0.4) is 0 Å². The molecule has 0 amide bonds. The maximum Gasteiger partial charge on any atom is -0.00463 e. The van der Waals surface area contributed by atoms with Gasteiger partial charge >= 0.3 is 0 Å². The lowest BCUT2D eigenvalue weighted by Gasteiger charge is -2.22. The van der Waals surface area contributed by atoms with Crippen molar-refractivity contribution in [2.45, 2.75) is 39.0 Å². The normalized spacial score (nSPS) is 19.2. The van der Waals surface area contributed by atoms with Crippen LogP contribution in [0.25, 0.3) is 0 Å². The molecule has 1 heterocycles. The predicted octanol–water partition coefficient (Wildman–Crippen LogP) is 1.77. The van der Waals surface area contributed by atoms with E-state index in [1.54, 1.807) is 0 Å². The predicted molar refractivity (Wildman–Crippen MR) is 58.0 cm³/mol. The molecular formula is C11H24N2. The summed E-state index contributed by atoms with van der Waals surface area (Å²) >= 11 is 0. The van der Waals surface area contributed by atoms with Crippen molar-refractivity contribution in [2.24, 2.45) is 5.92 Å². The minimum absolute atomic E-state index is 1.00. The average Bonchev–Trinajstić information content (AvgIpc) is 2.19. The minimum atomic E-state index is 1.00. The summed E-state index contributed by atoms with van der Waals surface area (Å²) in [6.07, 6.45) is 6.85. The second-order valence-corrected chi connectivity index (χ2v) is 4.09. The quantitative estimate of drug-likeness (QED) is 0.615. The molecule has 2 nitrogen and oxygen atoms in total. The van der Waals surface area contributed by atoms with Crippen molar-refractivity contribution in [3.05, 3.63) is 0 Å². The van der Waals surface area contributed by atoms with Gasteiger partial charge in [-0.25, -0.2) is 0 Å². The molecule has 0 atom stereocenters. The maximum absolute atomic E-state index is 3.46. The van der Waals surface area contributed by atoms with E-state index in [4.69, 9.17) is 0 Å². The lowest BCUT2D eigenvalue weighted by molar-refractivity contribution is 0.345. The fraction of sp³-hybridized carbons (Fsp3) is 1.00. The minimum Gasteiger partial charge on any atom is -0.317 e. The molecule has 1 fully saturated rings. The Hall–Kier alpha value is -0.0800. The summed E-state index contributed by atoms with van der Waals surface area (Å²) in [5.74, 6) is 1.00. The lowest BCUT2D eigenvalue weighted by atomic mass is 9.93. The van der Waals surface area contributed by atoms with Crippen molar-refractivity contribution in [2.75, 3.05) is 26.2 Å². The third kappa shape index (κ3) is 5.27. The molecule has 0 aromatic heterocycles. The third-order valence-corrected chi connectivity index (χ3v) is 2.85. The van der Waals surface area contributed by atoms with Crippen molar-refractivity contribution in [1.29, 1.82) is 0 Å². The van der Waals surface area contributed by atoms with Crippen molar-refractivity contribution in [1.82, 2.24) is 10.6 Å². The van der Waals surface area contributed by atoms with Gasteiger partial charge in [0, 0.05) is 0 Å². The van der Waals surface area contributed by atoms with E-state index < -0.39 is 0 Å². The zero-order valence-electron chi connectivity index (χ0n) is 8.94. The first-order valence-corrected chi connectivity index (χ1v) is 5.85. The molecule has 0 aromatic carbocycles. The summed E-state index contributed by atoms with van der Waals surface area (Å²) in [5, 5.41) is 6.87. The van der Waals surface area contributed by atoms with E-state index in [1.165, 1.54) is 58.3 Å². The van der Waals surface area contributed by atoms with Gasteiger partial charge in [0.2, 0.25) is 0 Å². The van der Waals surface area contributed by atoms with E-state index in [2.05, 4.69) is 17.6 Å². The van der Waals surface area contributed by atoms with Gasteiger partial charge in [-0.2, -0.15) is 0 Å². The van der Waals surface area contributed by atoms with Gasteiger partial charge in [-0.15, -0.1) is 0 Å². The fourth-order valence-corrected chi connectivity index (χ4v) is 1.99. The fourth-order valence-electron chi connectivity index (χ4n) is 1.99. The van der Waals surface area contributed by atoms with Gasteiger partial charge in [0.15, 0.2) is 0 Å².